The molecule has 2 aromatic rings. The van der Waals surface area contributed by atoms with Gasteiger partial charge in [-0.2, -0.15) is 0 Å². The third kappa shape index (κ3) is 3.62. The zero-order valence-corrected chi connectivity index (χ0v) is 10.7. The first-order valence-electron chi connectivity index (χ1n) is 5.85. The van der Waals surface area contributed by atoms with Gasteiger partial charge in [0.1, 0.15) is 0 Å². The molecule has 2 N–H and O–H groups in total. The summed E-state index contributed by atoms with van der Waals surface area (Å²) >= 11 is 6.13. The van der Waals surface area contributed by atoms with Gasteiger partial charge in [0.2, 0.25) is 0 Å². The second kappa shape index (κ2) is 5.89. The summed E-state index contributed by atoms with van der Waals surface area (Å²) in [6.07, 6.45) is 2.89. The lowest BCUT2D eigenvalue weighted by Crippen LogP contribution is -2.27. The van der Waals surface area contributed by atoms with Crippen LogP contribution in [0.4, 0.5) is 0 Å². The summed E-state index contributed by atoms with van der Waals surface area (Å²) < 4.78 is 0. The third-order valence-electron chi connectivity index (χ3n) is 2.79. The molecule has 17 heavy (non-hydrogen) atoms. The van der Waals surface area contributed by atoms with Crippen LogP contribution in [0.25, 0.3) is 0 Å². The maximum absolute atomic E-state index is 6.13. The average molecular weight is 249 g/mol. The molecule has 1 unspecified atom stereocenters. The minimum atomic E-state index is 0.401. The minimum Gasteiger partial charge on any atom is -0.364 e. The number of aromatic amines is 1. The van der Waals surface area contributed by atoms with Crippen LogP contribution in [0.5, 0.6) is 0 Å². The van der Waals surface area contributed by atoms with Crippen LogP contribution in [-0.4, -0.2) is 11.0 Å². The van der Waals surface area contributed by atoms with E-state index in [4.69, 9.17) is 11.6 Å². The number of hydrogen-bond donors (Lipinski definition) is 2. The first-order valence-corrected chi connectivity index (χ1v) is 6.22. The highest BCUT2D eigenvalue weighted by molar-refractivity contribution is 6.31. The van der Waals surface area contributed by atoms with Crippen molar-refractivity contribution < 1.29 is 0 Å². The fourth-order valence-corrected chi connectivity index (χ4v) is 2.04. The van der Waals surface area contributed by atoms with Crippen molar-refractivity contribution in [3.05, 3.63) is 58.9 Å². The Labute approximate surface area is 107 Å². The van der Waals surface area contributed by atoms with Crippen molar-refractivity contribution in [3.63, 3.8) is 0 Å². The van der Waals surface area contributed by atoms with Crippen LogP contribution in [0.3, 0.4) is 0 Å². The smallest absolute Gasteiger partial charge is 0.0438 e. The molecule has 0 spiro atoms. The first-order chi connectivity index (χ1) is 8.25. The van der Waals surface area contributed by atoms with E-state index in [1.807, 2.05) is 30.5 Å². The molecule has 2 rings (SSSR count). The molecule has 0 aliphatic rings. The van der Waals surface area contributed by atoms with E-state index in [-0.39, 0.29) is 0 Å². The highest BCUT2D eigenvalue weighted by Crippen LogP contribution is 2.16. The maximum Gasteiger partial charge on any atom is 0.0438 e. The van der Waals surface area contributed by atoms with Gasteiger partial charge in [-0.3, -0.25) is 0 Å². The van der Waals surface area contributed by atoms with Crippen molar-refractivity contribution in [2.75, 3.05) is 0 Å². The fraction of sp³-hybridized carbons (Fsp3) is 0.286. The van der Waals surface area contributed by atoms with Gasteiger partial charge in [0.25, 0.3) is 0 Å². The van der Waals surface area contributed by atoms with E-state index >= 15 is 0 Å². The molecule has 1 heterocycles. The molecule has 0 aliphatic heterocycles. The van der Waals surface area contributed by atoms with Crippen LogP contribution in [0.2, 0.25) is 5.02 Å². The van der Waals surface area contributed by atoms with Gasteiger partial charge in [-0.15, -0.1) is 0 Å². The number of benzene rings is 1. The average Bonchev–Trinajstić information content (AvgIpc) is 2.82. The Hall–Kier alpha value is -1.25. The number of aromatic nitrogens is 1. The number of rotatable bonds is 5. The quantitative estimate of drug-likeness (QED) is 0.834. The molecule has 0 aliphatic carbocycles. The van der Waals surface area contributed by atoms with Crippen LogP contribution in [0.1, 0.15) is 18.2 Å². The maximum atomic E-state index is 6.13. The van der Waals surface area contributed by atoms with Gasteiger partial charge in [0, 0.05) is 29.5 Å². The first kappa shape index (κ1) is 12.2. The Bertz CT molecular complexity index is 451. The van der Waals surface area contributed by atoms with E-state index in [0.29, 0.717) is 6.04 Å². The standard InChI is InChI=1S/C14H17ClN2/c1-11(17-10-13-6-4-8-16-13)9-12-5-2-3-7-14(12)15/h2-8,11,16-17H,9-10H2,1H3. The van der Waals surface area contributed by atoms with Crippen molar-refractivity contribution in [1.82, 2.24) is 10.3 Å². The summed E-state index contributed by atoms with van der Waals surface area (Å²) in [5.41, 5.74) is 2.40. The van der Waals surface area contributed by atoms with E-state index in [1.54, 1.807) is 0 Å². The second-order valence-corrected chi connectivity index (χ2v) is 4.68. The van der Waals surface area contributed by atoms with Crippen LogP contribution in [0.15, 0.2) is 42.6 Å². The van der Waals surface area contributed by atoms with E-state index < -0.39 is 0 Å². The van der Waals surface area contributed by atoms with Gasteiger partial charge in [0.15, 0.2) is 0 Å². The van der Waals surface area contributed by atoms with Gasteiger partial charge < -0.3 is 10.3 Å². The van der Waals surface area contributed by atoms with Crippen LogP contribution in [-0.2, 0) is 13.0 Å². The lowest BCUT2D eigenvalue weighted by atomic mass is 10.1. The van der Waals surface area contributed by atoms with E-state index in [9.17, 15) is 0 Å². The molecule has 1 aromatic heterocycles. The van der Waals surface area contributed by atoms with Gasteiger partial charge in [-0.25, -0.2) is 0 Å². The predicted octanol–water partition coefficient (Wildman–Crippen LogP) is 3.39. The SMILES string of the molecule is CC(Cc1ccccc1Cl)NCc1ccc[nH]1. The summed E-state index contributed by atoms with van der Waals surface area (Å²) in [6, 6.07) is 12.5. The summed E-state index contributed by atoms with van der Waals surface area (Å²) in [5, 5.41) is 4.32. The molecule has 0 saturated carbocycles. The number of nitrogens with one attached hydrogen (secondary N) is 2. The van der Waals surface area contributed by atoms with Gasteiger partial charge in [-0.1, -0.05) is 29.8 Å². The van der Waals surface area contributed by atoms with E-state index in [0.717, 1.165) is 18.0 Å². The predicted molar refractivity (Wildman–Crippen MR) is 72.3 cm³/mol. The molecule has 1 atom stereocenters. The molecule has 3 heteroatoms. The molecule has 0 amide bonds. The van der Waals surface area contributed by atoms with Gasteiger partial charge in [-0.05, 0) is 37.1 Å². The third-order valence-corrected chi connectivity index (χ3v) is 3.16. The Kier molecular flexibility index (Phi) is 4.24. The minimum absolute atomic E-state index is 0.401. The van der Waals surface area contributed by atoms with Crippen molar-refractivity contribution in [1.29, 1.82) is 0 Å². The Morgan fingerprint density at radius 2 is 2.06 bits per heavy atom. The lowest BCUT2D eigenvalue weighted by Gasteiger charge is -2.14. The summed E-state index contributed by atoms with van der Waals surface area (Å²) in [6.45, 7) is 3.03. The number of halogens is 1. The highest BCUT2D eigenvalue weighted by atomic mass is 35.5. The number of hydrogen-bond acceptors (Lipinski definition) is 1. The topological polar surface area (TPSA) is 27.8 Å². The molecular formula is C14H17ClN2. The summed E-state index contributed by atoms with van der Waals surface area (Å²) in [7, 11) is 0. The summed E-state index contributed by atoms with van der Waals surface area (Å²) in [5.74, 6) is 0. The fourth-order valence-electron chi connectivity index (χ4n) is 1.83. The van der Waals surface area contributed by atoms with E-state index in [2.05, 4.69) is 29.4 Å². The van der Waals surface area contributed by atoms with Crippen LogP contribution < -0.4 is 5.32 Å². The molecule has 90 valence electrons. The van der Waals surface area contributed by atoms with Crippen molar-refractivity contribution in [2.45, 2.75) is 25.9 Å². The van der Waals surface area contributed by atoms with Crippen molar-refractivity contribution in [3.8, 4) is 0 Å². The molecule has 0 radical (unpaired) electrons. The Balaban J connectivity index is 1.85. The van der Waals surface area contributed by atoms with Crippen LogP contribution in [0, 0.1) is 0 Å². The molecule has 0 bridgehead atoms. The Morgan fingerprint density at radius 1 is 1.24 bits per heavy atom. The van der Waals surface area contributed by atoms with Crippen molar-refractivity contribution >= 4 is 11.6 Å². The monoisotopic (exact) mass is 248 g/mol. The van der Waals surface area contributed by atoms with Gasteiger partial charge >= 0.3 is 0 Å². The van der Waals surface area contributed by atoms with E-state index in [1.165, 1.54) is 11.3 Å². The second-order valence-electron chi connectivity index (χ2n) is 4.27. The highest BCUT2D eigenvalue weighted by Gasteiger charge is 2.06. The van der Waals surface area contributed by atoms with Crippen molar-refractivity contribution in [2.24, 2.45) is 0 Å². The largest absolute Gasteiger partial charge is 0.364 e. The van der Waals surface area contributed by atoms with Gasteiger partial charge in [0.05, 0.1) is 0 Å². The van der Waals surface area contributed by atoms with Crippen LogP contribution >= 0.6 is 11.6 Å². The number of H-pyrrole nitrogens is 1. The normalized spacial score (nSPS) is 12.6. The zero-order valence-electron chi connectivity index (χ0n) is 9.91. The molecule has 1 aromatic carbocycles. The zero-order chi connectivity index (χ0) is 12.1. The lowest BCUT2D eigenvalue weighted by molar-refractivity contribution is 0.541. The molecular weight excluding hydrogens is 232 g/mol. The Morgan fingerprint density at radius 3 is 2.76 bits per heavy atom. The molecule has 0 saturated heterocycles. The molecule has 0 fully saturated rings. The summed E-state index contributed by atoms with van der Waals surface area (Å²) in [4.78, 5) is 3.18. The molecule has 2 nitrogen and oxygen atoms in total.